The highest BCUT2D eigenvalue weighted by molar-refractivity contribution is 7.92. The highest BCUT2D eigenvalue weighted by Gasteiger charge is 2.28. The monoisotopic (exact) mass is 435 g/mol. The number of anilines is 1. The smallest absolute Gasteiger partial charge is 0.271 e. The van der Waals surface area contributed by atoms with Gasteiger partial charge < -0.3 is 10.1 Å². The van der Waals surface area contributed by atoms with Crippen molar-refractivity contribution in [2.75, 3.05) is 24.2 Å². The van der Waals surface area contributed by atoms with E-state index >= 15 is 0 Å². The summed E-state index contributed by atoms with van der Waals surface area (Å²) < 4.78 is 30.7. The Hall–Kier alpha value is -3.14. The van der Waals surface area contributed by atoms with Gasteiger partial charge in [0.15, 0.2) is 0 Å². The second kappa shape index (κ2) is 9.12. The number of amides is 1. The van der Waals surface area contributed by atoms with Gasteiger partial charge >= 0.3 is 0 Å². The van der Waals surface area contributed by atoms with Crippen LogP contribution >= 0.6 is 0 Å². The minimum Gasteiger partial charge on any atom is -0.495 e. The normalized spacial score (nSPS) is 11.6. The Bertz CT molecular complexity index is 1020. The summed E-state index contributed by atoms with van der Waals surface area (Å²) in [5.41, 5.74) is -0.0217. The van der Waals surface area contributed by atoms with Crippen LogP contribution in [0.2, 0.25) is 0 Å². The molecule has 0 aliphatic heterocycles. The maximum atomic E-state index is 12.7. The van der Waals surface area contributed by atoms with Crippen molar-refractivity contribution in [3.63, 3.8) is 0 Å². The molecule has 10 heteroatoms. The van der Waals surface area contributed by atoms with Crippen molar-refractivity contribution in [1.82, 2.24) is 5.32 Å². The first-order chi connectivity index (χ1) is 13.9. The van der Waals surface area contributed by atoms with Crippen LogP contribution in [0.15, 0.2) is 48.5 Å². The maximum absolute atomic E-state index is 12.7. The second-order valence-electron chi connectivity index (χ2n) is 7.48. The van der Waals surface area contributed by atoms with Gasteiger partial charge in [0.25, 0.3) is 5.69 Å². The number of hydrogen-bond donors (Lipinski definition) is 1. The number of nitro groups is 1. The third-order valence-corrected chi connectivity index (χ3v) is 5.42. The number of hydrogen-bond acceptors (Lipinski definition) is 6. The minimum atomic E-state index is -3.93. The minimum absolute atomic E-state index is 0.0785. The number of nitro benzene ring substituents is 1. The molecule has 9 nitrogen and oxygen atoms in total. The van der Waals surface area contributed by atoms with E-state index in [-0.39, 0.29) is 17.1 Å². The molecule has 1 N–H and O–H groups in total. The third kappa shape index (κ3) is 6.18. The van der Waals surface area contributed by atoms with E-state index in [1.807, 2.05) is 44.2 Å². The zero-order valence-corrected chi connectivity index (χ0v) is 18.1. The predicted molar refractivity (Wildman–Crippen MR) is 114 cm³/mol. The fourth-order valence-corrected chi connectivity index (χ4v) is 3.92. The van der Waals surface area contributed by atoms with Crippen LogP contribution in [-0.4, -0.2) is 44.7 Å². The molecule has 0 aliphatic carbocycles. The first kappa shape index (κ1) is 23.1. The van der Waals surface area contributed by atoms with E-state index in [0.29, 0.717) is 6.42 Å². The second-order valence-corrected chi connectivity index (χ2v) is 9.38. The topological polar surface area (TPSA) is 119 Å². The Balaban J connectivity index is 2.28. The summed E-state index contributed by atoms with van der Waals surface area (Å²) in [5.74, 6) is -0.447. The number of benzene rings is 2. The first-order valence-corrected chi connectivity index (χ1v) is 10.9. The molecule has 0 saturated carbocycles. The number of carbonyl (C=O) groups excluding carboxylic acids is 1. The van der Waals surface area contributed by atoms with Gasteiger partial charge in [0.1, 0.15) is 18.0 Å². The van der Waals surface area contributed by atoms with Gasteiger partial charge in [-0.1, -0.05) is 30.3 Å². The summed E-state index contributed by atoms with van der Waals surface area (Å²) in [4.78, 5) is 23.2. The standard InChI is InChI=1S/C20H25N3O6S/c1-20(2,13-15-8-6-5-7-9-15)21-19(24)14-22(30(4,27)28)17-12-16(23(25)26)10-11-18(17)29-3/h5-12H,13-14H2,1-4H3,(H,21,24). The number of rotatable bonds is 9. The fraction of sp³-hybridized carbons (Fsp3) is 0.350. The van der Waals surface area contributed by atoms with Crippen molar-refractivity contribution in [3.05, 3.63) is 64.2 Å². The van der Waals surface area contributed by atoms with Crippen molar-refractivity contribution >= 4 is 27.3 Å². The van der Waals surface area contributed by atoms with Crippen LogP contribution in [0.5, 0.6) is 5.75 Å². The quantitative estimate of drug-likeness (QED) is 0.477. The molecule has 2 aromatic rings. The summed E-state index contributed by atoms with van der Waals surface area (Å²) in [6, 6.07) is 13.1. The molecule has 30 heavy (non-hydrogen) atoms. The molecular weight excluding hydrogens is 410 g/mol. The number of nitrogens with zero attached hydrogens (tertiary/aromatic N) is 2. The van der Waals surface area contributed by atoms with Crippen molar-refractivity contribution in [3.8, 4) is 5.75 Å². The molecule has 0 aliphatic rings. The predicted octanol–water partition coefficient (Wildman–Crippen LogP) is 2.51. The third-order valence-electron chi connectivity index (χ3n) is 4.30. The molecule has 2 aromatic carbocycles. The highest BCUT2D eigenvalue weighted by Crippen LogP contribution is 2.33. The van der Waals surface area contributed by atoms with Gasteiger partial charge in [-0.3, -0.25) is 19.2 Å². The summed E-state index contributed by atoms with van der Waals surface area (Å²) >= 11 is 0. The number of non-ortho nitro benzene ring substituents is 1. The van der Waals surface area contributed by atoms with Gasteiger partial charge in [0.2, 0.25) is 15.9 Å². The molecule has 0 spiro atoms. The zero-order valence-electron chi connectivity index (χ0n) is 17.3. The lowest BCUT2D eigenvalue weighted by Crippen LogP contribution is -2.50. The van der Waals surface area contributed by atoms with Crippen LogP contribution in [-0.2, 0) is 21.2 Å². The largest absolute Gasteiger partial charge is 0.495 e. The SMILES string of the molecule is COc1ccc([N+](=O)[O-])cc1N(CC(=O)NC(C)(C)Cc1ccccc1)S(C)(=O)=O. The van der Waals surface area contributed by atoms with Crippen molar-refractivity contribution in [2.24, 2.45) is 0 Å². The van der Waals surface area contributed by atoms with Crippen LogP contribution < -0.4 is 14.4 Å². The molecule has 0 atom stereocenters. The molecule has 0 unspecified atom stereocenters. The number of methoxy groups -OCH3 is 1. The molecule has 0 saturated heterocycles. The first-order valence-electron chi connectivity index (χ1n) is 9.08. The lowest BCUT2D eigenvalue weighted by Gasteiger charge is -2.29. The molecule has 0 aromatic heterocycles. The van der Waals surface area contributed by atoms with E-state index in [1.54, 1.807) is 0 Å². The summed E-state index contributed by atoms with van der Waals surface area (Å²) in [5, 5.41) is 14.0. The van der Waals surface area contributed by atoms with Crippen LogP contribution in [0.3, 0.4) is 0 Å². The molecule has 1 amide bonds. The highest BCUT2D eigenvalue weighted by atomic mass is 32.2. The maximum Gasteiger partial charge on any atom is 0.271 e. The molecule has 0 bridgehead atoms. The van der Waals surface area contributed by atoms with Crippen LogP contribution in [0.4, 0.5) is 11.4 Å². The Morgan fingerprint density at radius 1 is 1.20 bits per heavy atom. The molecule has 0 fully saturated rings. The Kier molecular flexibility index (Phi) is 7.04. The fourth-order valence-electron chi connectivity index (χ4n) is 3.07. The van der Waals surface area contributed by atoms with Gasteiger partial charge in [-0.25, -0.2) is 8.42 Å². The van der Waals surface area contributed by atoms with E-state index in [2.05, 4.69) is 5.32 Å². The number of nitrogens with one attached hydrogen (secondary N) is 1. The van der Waals surface area contributed by atoms with Crippen LogP contribution in [0.25, 0.3) is 0 Å². The van der Waals surface area contributed by atoms with Crippen LogP contribution in [0, 0.1) is 10.1 Å². The van der Waals surface area contributed by atoms with Crippen molar-refractivity contribution in [1.29, 1.82) is 0 Å². The van der Waals surface area contributed by atoms with E-state index in [4.69, 9.17) is 4.74 Å². The van der Waals surface area contributed by atoms with Gasteiger partial charge in [-0.2, -0.15) is 0 Å². The van der Waals surface area contributed by atoms with Gasteiger partial charge in [-0.15, -0.1) is 0 Å². The zero-order chi connectivity index (χ0) is 22.5. The Morgan fingerprint density at radius 3 is 2.37 bits per heavy atom. The Labute approximate surface area is 175 Å². The van der Waals surface area contributed by atoms with Gasteiger partial charge in [0, 0.05) is 17.7 Å². The summed E-state index contributed by atoms with van der Waals surface area (Å²) in [6.07, 6.45) is 1.46. The van der Waals surface area contributed by atoms with E-state index < -0.39 is 32.9 Å². The van der Waals surface area contributed by atoms with E-state index in [0.717, 1.165) is 22.2 Å². The van der Waals surface area contributed by atoms with Crippen LogP contribution in [0.1, 0.15) is 19.4 Å². The average Bonchev–Trinajstić information content (AvgIpc) is 2.64. The number of ether oxygens (including phenoxy) is 1. The van der Waals surface area contributed by atoms with Crippen molar-refractivity contribution < 1.29 is 22.9 Å². The molecule has 2 rings (SSSR count). The van der Waals surface area contributed by atoms with Crippen molar-refractivity contribution in [2.45, 2.75) is 25.8 Å². The van der Waals surface area contributed by atoms with E-state index in [1.165, 1.54) is 19.2 Å². The molecular formula is C20H25N3O6S. The van der Waals surface area contributed by atoms with Gasteiger partial charge in [-0.05, 0) is 31.9 Å². The lowest BCUT2D eigenvalue weighted by molar-refractivity contribution is -0.384. The van der Waals surface area contributed by atoms with Gasteiger partial charge in [0.05, 0.1) is 18.3 Å². The Morgan fingerprint density at radius 2 is 1.83 bits per heavy atom. The average molecular weight is 436 g/mol. The lowest BCUT2D eigenvalue weighted by atomic mass is 9.95. The number of carbonyl (C=O) groups is 1. The molecule has 162 valence electrons. The summed E-state index contributed by atoms with van der Waals surface area (Å²) in [6.45, 7) is 3.11. The molecule has 0 radical (unpaired) electrons. The molecule has 0 heterocycles. The summed E-state index contributed by atoms with van der Waals surface area (Å²) in [7, 11) is -2.62. The number of sulfonamides is 1. The van der Waals surface area contributed by atoms with E-state index in [9.17, 15) is 23.3 Å².